The van der Waals surface area contributed by atoms with Gasteiger partial charge in [-0.05, 0) is 42.4 Å². The van der Waals surface area contributed by atoms with Gasteiger partial charge in [-0.15, -0.1) is 0 Å². The smallest absolute Gasteiger partial charge is 0.126 e. The fraction of sp³-hybridized carbons (Fsp3) is 0.455. The SMILES string of the molecule is Cc1ccc([C@H]2C[C@H]2CO)cc1F. The minimum absolute atomic E-state index is 0.138. The van der Waals surface area contributed by atoms with Crippen molar-refractivity contribution in [2.24, 2.45) is 5.92 Å². The van der Waals surface area contributed by atoms with Crippen LogP contribution in [0.1, 0.15) is 23.5 Å². The van der Waals surface area contributed by atoms with Crippen LogP contribution in [-0.2, 0) is 0 Å². The summed E-state index contributed by atoms with van der Waals surface area (Å²) in [6.07, 6.45) is 0.999. The van der Waals surface area contributed by atoms with E-state index in [9.17, 15) is 4.39 Å². The maximum absolute atomic E-state index is 13.1. The second-order valence-corrected chi connectivity index (χ2v) is 3.79. The van der Waals surface area contributed by atoms with Gasteiger partial charge in [-0.1, -0.05) is 12.1 Å². The van der Waals surface area contributed by atoms with Crippen molar-refractivity contribution in [3.05, 3.63) is 35.1 Å². The Morgan fingerprint density at radius 3 is 2.85 bits per heavy atom. The van der Waals surface area contributed by atoms with Crippen LogP contribution in [0.3, 0.4) is 0 Å². The molecule has 0 spiro atoms. The lowest BCUT2D eigenvalue weighted by Crippen LogP contribution is -1.90. The first kappa shape index (κ1) is 8.70. The van der Waals surface area contributed by atoms with Crippen molar-refractivity contribution in [3.63, 3.8) is 0 Å². The van der Waals surface area contributed by atoms with Crippen molar-refractivity contribution in [2.75, 3.05) is 6.61 Å². The molecule has 13 heavy (non-hydrogen) atoms. The standard InChI is InChI=1S/C11H13FO/c1-7-2-3-8(5-11(7)12)10-4-9(10)6-13/h2-3,5,9-10,13H,4,6H2,1H3/t9-,10+/m0/s1. The molecular formula is C11H13FO. The van der Waals surface area contributed by atoms with Crippen molar-refractivity contribution in [1.82, 2.24) is 0 Å². The van der Waals surface area contributed by atoms with Gasteiger partial charge in [-0.2, -0.15) is 0 Å². The molecule has 70 valence electrons. The lowest BCUT2D eigenvalue weighted by atomic mass is 10.1. The first-order chi connectivity index (χ1) is 6.22. The molecular weight excluding hydrogens is 167 g/mol. The molecule has 0 unspecified atom stereocenters. The number of aliphatic hydroxyl groups is 1. The Labute approximate surface area is 77.2 Å². The molecule has 1 nitrogen and oxygen atoms in total. The van der Waals surface area contributed by atoms with Gasteiger partial charge >= 0.3 is 0 Å². The predicted octanol–water partition coefficient (Wildman–Crippen LogP) is 2.23. The Hall–Kier alpha value is -0.890. The van der Waals surface area contributed by atoms with E-state index in [-0.39, 0.29) is 12.4 Å². The molecule has 0 aromatic heterocycles. The van der Waals surface area contributed by atoms with E-state index in [1.807, 2.05) is 6.07 Å². The third-order valence-electron chi connectivity index (χ3n) is 2.78. The molecule has 1 aliphatic rings. The van der Waals surface area contributed by atoms with Gasteiger partial charge in [0.1, 0.15) is 5.82 Å². The summed E-state index contributed by atoms with van der Waals surface area (Å²) in [7, 11) is 0. The summed E-state index contributed by atoms with van der Waals surface area (Å²) in [6, 6.07) is 5.35. The topological polar surface area (TPSA) is 20.2 Å². The van der Waals surface area contributed by atoms with Crippen molar-refractivity contribution in [2.45, 2.75) is 19.3 Å². The zero-order chi connectivity index (χ0) is 9.42. The molecule has 1 saturated carbocycles. The first-order valence-corrected chi connectivity index (χ1v) is 4.59. The summed E-state index contributed by atoms with van der Waals surface area (Å²) in [5.74, 6) is 0.614. The molecule has 0 saturated heterocycles. The van der Waals surface area contributed by atoms with E-state index < -0.39 is 0 Å². The zero-order valence-corrected chi connectivity index (χ0v) is 7.63. The maximum atomic E-state index is 13.1. The molecule has 1 aromatic rings. The van der Waals surface area contributed by atoms with Crippen molar-refractivity contribution >= 4 is 0 Å². The van der Waals surface area contributed by atoms with Crippen LogP contribution in [0.25, 0.3) is 0 Å². The maximum Gasteiger partial charge on any atom is 0.126 e. The fourth-order valence-corrected chi connectivity index (χ4v) is 1.70. The summed E-state index contributed by atoms with van der Waals surface area (Å²) in [4.78, 5) is 0. The third kappa shape index (κ3) is 1.59. The highest BCUT2D eigenvalue weighted by Gasteiger charge is 2.37. The summed E-state index contributed by atoms with van der Waals surface area (Å²) in [5.41, 5.74) is 1.71. The molecule has 0 heterocycles. The molecule has 2 atom stereocenters. The van der Waals surface area contributed by atoms with E-state index >= 15 is 0 Å². The fourth-order valence-electron chi connectivity index (χ4n) is 1.70. The lowest BCUT2D eigenvalue weighted by molar-refractivity contribution is 0.274. The number of halogens is 1. The Morgan fingerprint density at radius 2 is 2.31 bits per heavy atom. The molecule has 2 heteroatoms. The molecule has 1 aliphatic carbocycles. The largest absolute Gasteiger partial charge is 0.396 e. The van der Waals surface area contributed by atoms with E-state index in [0.29, 0.717) is 17.4 Å². The number of hydrogen-bond donors (Lipinski definition) is 1. The summed E-state index contributed by atoms with van der Waals surface area (Å²) in [6.45, 7) is 1.98. The number of aliphatic hydroxyl groups excluding tert-OH is 1. The third-order valence-corrected chi connectivity index (χ3v) is 2.78. The van der Waals surface area contributed by atoms with Gasteiger partial charge in [-0.25, -0.2) is 4.39 Å². The van der Waals surface area contributed by atoms with Crippen molar-refractivity contribution in [3.8, 4) is 0 Å². The normalized spacial score (nSPS) is 26.1. The van der Waals surface area contributed by atoms with Gasteiger partial charge in [0.15, 0.2) is 0 Å². The van der Waals surface area contributed by atoms with E-state index in [0.717, 1.165) is 12.0 Å². The predicted molar refractivity (Wildman–Crippen MR) is 49.1 cm³/mol. The van der Waals surface area contributed by atoms with Gasteiger partial charge in [-0.3, -0.25) is 0 Å². The van der Waals surface area contributed by atoms with Crippen LogP contribution in [-0.4, -0.2) is 11.7 Å². The first-order valence-electron chi connectivity index (χ1n) is 4.59. The lowest BCUT2D eigenvalue weighted by Gasteiger charge is -2.01. The van der Waals surface area contributed by atoms with Crippen LogP contribution in [0, 0.1) is 18.7 Å². The van der Waals surface area contributed by atoms with Crippen LogP contribution in [0.2, 0.25) is 0 Å². The second-order valence-electron chi connectivity index (χ2n) is 3.79. The molecule has 1 fully saturated rings. The van der Waals surface area contributed by atoms with Crippen LogP contribution in [0.5, 0.6) is 0 Å². The summed E-state index contributed by atoms with van der Waals surface area (Å²) < 4.78 is 13.1. The average Bonchev–Trinajstić information content (AvgIpc) is 2.88. The average molecular weight is 180 g/mol. The van der Waals surface area contributed by atoms with Crippen molar-refractivity contribution < 1.29 is 9.50 Å². The van der Waals surface area contributed by atoms with Gasteiger partial charge in [0.05, 0.1) is 0 Å². The molecule has 2 rings (SSSR count). The quantitative estimate of drug-likeness (QED) is 0.740. The number of hydrogen-bond acceptors (Lipinski definition) is 1. The number of aryl methyl sites for hydroxylation is 1. The van der Waals surface area contributed by atoms with Gasteiger partial charge < -0.3 is 5.11 Å². The van der Waals surface area contributed by atoms with Crippen LogP contribution < -0.4 is 0 Å². The van der Waals surface area contributed by atoms with Crippen LogP contribution in [0.15, 0.2) is 18.2 Å². The molecule has 1 N–H and O–H groups in total. The van der Waals surface area contributed by atoms with Gasteiger partial charge in [0.25, 0.3) is 0 Å². The number of benzene rings is 1. The van der Waals surface area contributed by atoms with E-state index in [2.05, 4.69) is 0 Å². The van der Waals surface area contributed by atoms with E-state index in [1.165, 1.54) is 0 Å². The highest BCUT2D eigenvalue weighted by molar-refractivity contribution is 5.30. The molecule has 0 radical (unpaired) electrons. The molecule has 0 amide bonds. The minimum atomic E-state index is -0.138. The Balaban J connectivity index is 2.19. The Kier molecular flexibility index (Phi) is 2.08. The van der Waals surface area contributed by atoms with Crippen LogP contribution in [0.4, 0.5) is 4.39 Å². The van der Waals surface area contributed by atoms with E-state index in [1.54, 1.807) is 19.1 Å². The molecule has 1 aromatic carbocycles. The summed E-state index contributed by atoms with van der Waals surface area (Å²) >= 11 is 0. The minimum Gasteiger partial charge on any atom is -0.396 e. The monoisotopic (exact) mass is 180 g/mol. The molecule has 0 bridgehead atoms. The highest BCUT2D eigenvalue weighted by Crippen LogP contribution is 2.47. The second kappa shape index (κ2) is 3.11. The molecule has 0 aliphatic heterocycles. The van der Waals surface area contributed by atoms with E-state index in [4.69, 9.17) is 5.11 Å². The zero-order valence-electron chi connectivity index (χ0n) is 7.63. The van der Waals surface area contributed by atoms with Crippen molar-refractivity contribution in [1.29, 1.82) is 0 Å². The van der Waals surface area contributed by atoms with Crippen LogP contribution >= 0.6 is 0 Å². The number of rotatable bonds is 2. The van der Waals surface area contributed by atoms with Gasteiger partial charge in [0.2, 0.25) is 0 Å². The summed E-state index contributed by atoms with van der Waals surface area (Å²) in [5, 5.41) is 8.87. The Morgan fingerprint density at radius 1 is 1.54 bits per heavy atom. The Bertz CT molecular complexity index is 322. The highest BCUT2D eigenvalue weighted by atomic mass is 19.1. The van der Waals surface area contributed by atoms with Gasteiger partial charge in [0, 0.05) is 6.61 Å².